The van der Waals surface area contributed by atoms with Crippen molar-refractivity contribution in [3.05, 3.63) is 87.7 Å². The number of aryl methyl sites for hydroxylation is 1. The Morgan fingerprint density at radius 1 is 0.929 bits per heavy atom. The van der Waals surface area contributed by atoms with Crippen LogP contribution < -0.4 is 10.4 Å². The largest absolute Gasteiger partial charge is 0.318 e. The summed E-state index contributed by atoms with van der Waals surface area (Å²) in [5.74, 6) is -0.760. The molecule has 1 aromatic heterocycles. The summed E-state index contributed by atoms with van der Waals surface area (Å²) in [4.78, 5) is 25.2. The van der Waals surface area contributed by atoms with Crippen LogP contribution in [0.25, 0.3) is 11.8 Å². The van der Waals surface area contributed by atoms with Crippen LogP contribution >= 0.6 is 15.9 Å². The summed E-state index contributed by atoms with van der Waals surface area (Å²) >= 11 is 3.50. The van der Waals surface area contributed by atoms with Crippen molar-refractivity contribution in [2.24, 2.45) is 0 Å². The number of nitrogens with zero attached hydrogens (tertiary/aromatic N) is 2. The number of hydrogen-bond donors (Lipinski definition) is 1. The van der Waals surface area contributed by atoms with Gasteiger partial charge in [-0.15, -0.1) is 0 Å². The van der Waals surface area contributed by atoms with Crippen molar-refractivity contribution in [2.75, 3.05) is 5.01 Å². The summed E-state index contributed by atoms with van der Waals surface area (Å²) in [6.07, 6.45) is 1.66. The molecule has 2 heterocycles. The zero-order valence-corrected chi connectivity index (χ0v) is 17.0. The molecule has 0 unspecified atom stereocenters. The standard InChI is InChI=1S/C22H18BrN3O2/c1-14-11-16(15(2)25(14)19-10-6-7-17(23)13-19)12-20-21(27)24-26(22(20)28)18-8-4-3-5-9-18/h3-13H,1-2H3,(H,24,27)/b20-12-. The van der Waals surface area contributed by atoms with Crippen LogP contribution in [0, 0.1) is 13.8 Å². The molecule has 0 bridgehead atoms. The maximum atomic E-state index is 12.8. The van der Waals surface area contributed by atoms with Gasteiger partial charge in [0.2, 0.25) is 0 Å². The lowest BCUT2D eigenvalue weighted by atomic mass is 10.1. The number of halogens is 1. The minimum atomic E-state index is -0.402. The first kappa shape index (κ1) is 18.3. The Morgan fingerprint density at radius 2 is 1.64 bits per heavy atom. The number of benzene rings is 2. The van der Waals surface area contributed by atoms with Crippen molar-refractivity contribution in [3.63, 3.8) is 0 Å². The molecule has 5 nitrogen and oxygen atoms in total. The van der Waals surface area contributed by atoms with Gasteiger partial charge in [0, 0.05) is 21.5 Å². The van der Waals surface area contributed by atoms with Crippen molar-refractivity contribution in [1.82, 2.24) is 9.99 Å². The molecule has 28 heavy (non-hydrogen) atoms. The number of hydrogen-bond acceptors (Lipinski definition) is 2. The summed E-state index contributed by atoms with van der Waals surface area (Å²) in [7, 11) is 0. The van der Waals surface area contributed by atoms with E-state index in [0.29, 0.717) is 5.69 Å². The highest BCUT2D eigenvalue weighted by molar-refractivity contribution is 9.10. The second-order valence-corrected chi connectivity index (χ2v) is 7.53. The van der Waals surface area contributed by atoms with Gasteiger partial charge in [-0.2, -0.15) is 0 Å². The fraction of sp³-hybridized carbons (Fsp3) is 0.0909. The van der Waals surface area contributed by atoms with Gasteiger partial charge >= 0.3 is 0 Å². The van der Waals surface area contributed by atoms with Crippen LogP contribution in [-0.4, -0.2) is 16.4 Å². The molecule has 4 rings (SSSR count). The van der Waals surface area contributed by atoms with E-state index in [-0.39, 0.29) is 11.5 Å². The third kappa shape index (κ3) is 3.16. The molecule has 0 aliphatic carbocycles. The number of para-hydroxylation sites is 1. The van der Waals surface area contributed by atoms with Gasteiger partial charge in [-0.05, 0) is 61.9 Å². The average molecular weight is 436 g/mol. The summed E-state index contributed by atoms with van der Waals surface area (Å²) in [6.45, 7) is 3.98. The average Bonchev–Trinajstić information content (AvgIpc) is 3.12. The molecule has 3 aromatic rings. The lowest BCUT2D eigenvalue weighted by Crippen LogP contribution is -2.35. The summed E-state index contributed by atoms with van der Waals surface area (Å²) in [5.41, 5.74) is 7.22. The summed E-state index contributed by atoms with van der Waals surface area (Å²) in [5, 5.41) is 1.28. The first-order valence-electron chi connectivity index (χ1n) is 8.83. The van der Waals surface area contributed by atoms with E-state index >= 15 is 0 Å². The van der Waals surface area contributed by atoms with Crippen molar-refractivity contribution < 1.29 is 9.59 Å². The maximum Gasteiger partial charge on any atom is 0.282 e. The molecular formula is C22H18BrN3O2. The number of aromatic nitrogens is 1. The molecule has 140 valence electrons. The number of carbonyl (C=O) groups is 2. The van der Waals surface area contributed by atoms with Crippen LogP contribution in [0.3, 0.4) is 0 Å². The molecule has 0 radical (unpaired) electrons. The minimum Gasteiger partial charge on any atom is -0.318 e. The van der Waals surface area contributed by atoms with Gasteiger partial charge in [0.15, 0.2) is 0 Å². The van der Waals surface area contributed by atoms with Crippen LogP contribution in [0.1, 0.15) is 17.0 Å². The number of carbonyl (C=O) groups excluding carboxylic acids is 2. The Morgan fingerprint density at radius 3 is 2.36 bits per heavy atom. The Bertz CT molecular complexity index is 1120. The van der Waals surface area contributed by atoms with E-state index in [0.717, 1.165) is 27.1 Å². The number of nitrogens with one attached hydrogen (secondary N) is 1. The zero-order chi connectivity index (χ0) is 19.8. The van der Waals surface area contributed by atoms with Gasteiger partial charge in [-0.1, -0.05) is 40.2 Å². The number of rotatable bonds is 3. The molecule has 6 heteroatoms. The molecule has 0 atom stereocenters. The number of hydrazine groups is 1. The van der Waals surface area contributed by atoms with E-state index in [9.17, 15) is 9.59 Å². The minimum absolute atomic E-state index is 0.123. The topological polar surface area (TPSA) is 54.3 Å². The molecule has 0 spiro atoms. The van der Waals surface area contributed by atoms with E-state index < -0.39 is 5.91 Å². The van der Waals surface area contributed by atoms with Crippen LogP contribution in [0.5, 0.6) is 0 Å². The van der Waals surface area contributed by atoms with Crippen LogP contribution in [-0.2, 0) is 9.59 Å². The lowest BCUT2D eigenvalue weighted by molar-refractivity contribution is -0.117. The summed E-state index contributed by atoms with van der Waals surface area (Å²) in [6, 6.07) is 19.0. The van der Waals surface area contributed by atoms with E-state index in [1.54, 1.807) is 18.2 Å². The SMILES string of the molecule is Cc1cc(/C=C2/C(=O)NN(c3ccccc3)C2=O)c(C)n1-c1cccc(Br)c1. The molecular weight excluding hydrogens is 418 g/mol. The Balaban J connectivity index is 1.73. The van der Waals surface area contributed by atoms with Gasteiger partial charge < -0.3 is 4.57 Å². The smallest absolute Gasteiger partial charge is 0.282 e. The Kier molecular flexibility index (Phi) is 4.65. The Hall–Kier alpha value is -3.12. The zero-order valence-electron chi connectivity index (χ0n) is 15.4. The third-order valence-electron chi connectivity index (χ3n) is 4.74. The van der Waals surface area contributed by atoms with Crippen molar-refractivity contribution in [1.29, 1.82) is 0 Å². The highest BCUT2D eigenvalue weighted by atomic mass is 79.9. The van der Waals surface area contributed by atoms with Crippen molar-refractivity contribution in [2.45, 2.75) is 13.8 Å². The van der Waals surface area contributed by atoms with Crippen LogP contribution in [0.15, 0.2) is 70.7 Å². The van der Waals surface area contributed by atoms with Crippen LogP contribution in [0.2, 0.25) is 0 Å². The monoisotopic (exact) mass is 435 g/mol. The van der Waals surface area contributed by atoms with Gasteiger partial charge in [-0.25, -0.2) is 5.01 Å². The molecule has 1 saturated heterocycles. The fourth-order valence-electron chi connectivity index (χ4n) is 3.42. The number of anilines is 1. The van der Waals surface area contributed by atoms with E-state index in [2.05, 4.69) is 25.9 Å². The first-order chi connectivity index (χ1) is 13.5. The van der Waals surface area contributed by atoms with Gasteiger partial charge in [0.05, 0.1) is 5.69 Å². The molecule has 1 N–H and O–H groups in total. The van der Waals surface area contributed by atoms with E-state index in [1.807, 2.05) is 62.4 Å². The highest BCUT2D eigenvalue weighted by Crippen LogP contribution is 2.26. The molecule has 2 aromatic carbocycles. The van der Waals surface area contributed by atoms with Crippen molar-refractivity contribution in [3.8, 4) is 5.69 Å². The molecule has 1 fully saturated rings. The predicted molar refractivity (Wildman–Crippen MR) is 113 cm³/mol. The van der Waals surface area contributed by atoms with E-state index in [1.165, 1.54) is 5.01 Å². The normalized spacial score (nSPS) is 15.4. The van der Waals surface area contributed by atoms with Gasteiger partial charge in [0.25, 0.3) is 11.8 Å². The highest BCUT2D eigenvalue weighted by Gasteiger charge is 2.34. The molecule has 0 saturated carbocycles. The third-order valence-corrected chi connectivity index (χ3v) is 5.24. The molecule has 1 aliphatic rings. The van der Waals surface area contributed by atoms with Gasteiger partial charge in [0.1, 0.15) is 5.57 Å². The second kappa shape index (κ2) is 7.13. The Labute approximate surface area is 171 Å². The van der Waals surface area contributed by atoms with E-state index in [4.69, 9.17) is 0 Å². The number of amides is 2. The van der Waals surface area contributed by atoms with Crippen LogP contribution in [0.4, 0.5) is 5.69 Å². The maximum absolute atomic E-state index is 12.8. The fourth-order valence-corrected chi connectivity index (χ4v) is 3.81. The lowest BCUT2D eigenvalue weighted by Gasteiger charge is -2.13. The van der Waals surface area contributed by atoms with Crippen molar-refractivity contribution >= 4 is 39.5 Å². The van der Waals surface area contributed by atoms with Gasteiger partial charge in [-0.3, -0.25) is 15.0 Å². The molecule has 1 aliphatic heterocycles. The predicted octanol–water partition coefficient (Wildman–Crippen LogP) is 4.32. The molecule has 2 amide bonds. The summed E-state index contributed by atoms with van der Waals surface area (Å²) < 4.78 is 3.09. The first-order valence-corrected chi connectivity index (χ1v) is 9.62. The quantitative estimate of drug-likeness (QED) is 0.491. The second-order valence-electron chi connectivity index (χ2n) is 6.62.